The summed E-state index contributed by atoms with van der Waals surface area (Å²) in [6.07, 6.45) is 4.74. The van der Waals surface area contributed by atoms with Crippen LogP contribution in [-0.4, -0.2) is 51.6 Å². The highest BCUT2D eigenvalue weighted by Gasteiger charge is 2.66. The van der Waals surface area contributed by atoms with Crippen LogP contribution >= 0.6 is 0 Å². The Morgan fingerprint density at radius 3 is 2.38 bits per heavy atom. The maximum atomic E-state index is 14.2. The molecule has 2 aliphatic heterocycles. The molecule has 6 rings (SSSR count). The highest BCUT2D eigenvalue weighted by molar-refractivity contribution is 6.23. The molecule has 2 aliphatic carbocycles. The van der Waals surface area contributed by atoms with Gasteiger partial charge in [-0.15, -0.1) is 0 Å². The molecule has 3 heterocycles. The van der Waals surface area contributed by atoms with E-state index >= 15 is 0 Å². The van der Waals surface area contributed by atoms with Crippen molar-refractivity contribution in [1.82, 2.24) is 20.5 Å². The lowest BCUT2D eigenvalue weighted by Crippen LogP contribution is -2.71. The number of anilines is 1. The Bertz CT molecular complexity index is 1470. The zero-order chi connectivity index (χ0) is 29.6. The summed E-state index contributed by atoms with van der Waals surface area (Å²) in [5.41, 5.74) is 0.463. The summed E-state index contributed by atoms with van der Waals surface area (Å²) >= 11 is 0. The lowest BCUT2D eigenvalue weighted by molar-refractivity contribution is -0.149. The highest BCUT2D eigenvalue weighted by atomic mass is 16.2. The van der Waals surface area contributed by atoms with Gasteiger partial charge in [0.1, 0.15) is 5.54 Å². The van der Waals surface area contributed by atoms with E-state index in [2.05, 4.69) is 15.6 Å². The molecule has 0 unspecified atom stereocenters. The molecule has 0 radical (unpaired) electrons. The molecule has 1 aromatic carbocycles. The second-order valence-corrected chi connectivity index (χ2v) is 11.8. The maximum Gasteiger partial charge on any atom is 0.325 e. The molecule has 1 aromatic heterocycles. The zero-order valence-electron chi connectivity index (χ0n) is 23.8. The molecule has 3 fully saturated rings. The molecule has 0 spiro atoms. The second kappa shape index (κ2) is 10.8. The van der Waals surface area contributed by atoms with Gasteiger partial charge in [0.2, 0.25) is 17.7 Å². The van der Waals surface area contributed by atoms with Crippen LogP contribution in [0.4, 0.5) is 10.5 Å². The van der Waals surface area contributed by atoms with Crippen molar-refractivity contribution >= 4 is 35.3 Å². The number of nitrogens with one attached hydrogen (secondary N) is 2. The van der Waals surface area contributed by atoms with Gasteiger partial charge in [-0.25, -0.2) is 9.69 Å². The van der Waals surface area contributed by atoms with E-state index in [1.54, 1.807) is 55.6 Å². The minimum absolute atomic E-state index is 0.0528. The molecule has 10 nitrogen and oxygen atoms in total. The van der Waals surface area contributed by atoms with Crippen LogP contribution in [0.5, 0.6) is 0 Å². The standard InChI is InChI=1S/C32H35N5O5/c1-3-22-23-14-15-24-25(29(40)36(27(24)38)21-10-5-4-6-11-21)26(23)32(2,30(41)34-17-19-12-13-19)37(28(22)39)31(42)35-18-20-9-7-8-16-33-20/h4-11,16,19,24-26H,3,12-15,17-18H2,1-2H3,(H,34,41)(H,35,42)/t24-,25-,26+,32+/m1/s1. The summed E-state index contributed by atoms with van der Waals surface area (Å²) in [7, 11) is 0. The van der Waals surface area contributed by atoms with Gasteiger partial charge in [-0.1, -0.05) is 36.8 Å². The van der Waals surface area contributed by atoms with Gasteiger partial charge in [-0.3, -0.25) is 29.1 Å². The van der Waals surface area contributed by atoms with Crippen molar-refractivity contribution in [1.29, 1.82) is 0 Å². The highest BCUT2D eigenvalue weighted by Crippen LogP contribution is 2.54. The quantitative estimate of drug-likeness (QED) is 0.492. The fraction of sp³-hybridized carbons (Fsp3) is 0.438. The third-order valence-corrected chi connectivity index (χ3v) is 9.28. The van der Waals surface area contributed by atoms with Crippen LogP contribution < -0.4 is 15.5 Å². The first-order valence-electron chi connectivity index (χ1n) is 14.7. The van der Waals surface area contributed by atoms with E-state index < -0.39 is 47.0 Å². The first-order valence-corrected chi connectivity index (χ1v) is 14.7. The smallest absolute Gasteiger partial charge is 0.325 e. The third-order valence-electron chi connectivity index (χ3n) is 9.28. The molecular formula is C32H35N5O5. The average Bonchev–Trinajstić information content (AvgIpc) is 3.80. The van der Waals surface area contributed by atoms with Crippen molar-refractivity contribution in [3.05, 3.63) is 71.6 Å². The summed E-state index contributed by atoms with van der Waals surface area (Å²) in [5.74, 6) is -3.78. The SMILES string of the molecule is CCC1=C2CC[C@H]3C(=O)N(c4ccccc4)C(=O)[C@H]3[C@H]2[C@@](C)(C(=O)NCC2CC2)N(C(=O)NCc2ccccn2)C1=O. The molecule has 4 atom stereocenters. The van der Waals surface area contributed by atoms with Crippen LogP contribution in [0.2, 0.25) is 0 Å². The topological polar surface area (TPSA) is 129 Å². The zero-order valence-corrected chi connectivity index (χ0v) is 23.8. The van der Waals surface area contributed by atoms with E-state index in [1.165, 1.54) is 4.90 Å². The molecule has 218 valence electrons. The number of imide groups is 2. The number of pyridine rings is 1. The Hall–Kier alpha value is -4.34. The maximum absolute atomic E-state index is 14.2. The molecule has 2 aromatic rings. The predicted molar refractivity (Wildman–Crippen MR) is 153 cm³/mol. The predicted octanol–water partition coefficient (Wildman–Crippen LogP) is 3.34. The number of amides is 6. The van der Waals surface area contributed by atoms with E-state index in [1.807, 2.05) is 13.0 Å². The van der Waals surface area contributed by atoms with Crippen molar-refractivity contribution in [2.24, 2.45) is 23.7 Å². The summed E-state index contributed by atoms with van der Waals surface area (Å²) in [5, 5.41) is 5.77. The van der Waals surface area contributed by atoms with Crippen LogP contribution in [0, 0.1) is 23.7 Å². The summed E-state index contributed by atoms with van der Waals surface area (Å²) in [4.78, 5) is 76.7. The number of fused-ring (bicyclic) bond motifs is 3. The number of urea groups is 1. The van der Waals surface area contributed by atoms with E-state index in [0.717, 1.165) is 17.7 Å². The van der Waals surface area contributed by atoms with Crippen LogP contribution in [0.25, 0.3) is 0 Å². The van der Waals surface area contributed by atoms with Crippen molar-refractivity contribution < 1.29 is 24.0 Å². The van der Waals surface area contributed by atoms with Gasteiger partial charge >= 0.3 is 6.03 Å². The Balaban J connectivity index is 1.44. The van der Waals surface area contributed by atoms with Gasteiger partial charge in [-0.2, -0.15) is 0 Å². The van der Waals surface area contributed by atoms with Crippen LogP contribution in [0.1, 0.15) is 51.6 Å². The molecule has 2 N–H and O–H groups in total. The summed E-state index contributed by atoms with van der Waals surface area (Å²) < 4.78 is 0. The van der Waals surface area contributed by atoms with Gasteiger partial charge in [0.05, 0.1) is 29.8 Å². The number of para-hydroxylation sites is 1. The van der Waals surface area contributed by atoms with Crippen LogP contribution in [-0.2, 0) is 25.7 Å². The number of carbonyl (C=O) groups excluding carboxylic acids is 5. The van der Waals surface area contributed by atoms with Gasteiger partial charge < -0.3 is 10.6 Å². The van der Waals surface area contributed by atoms with Crippen LogP contribution in [0.15, 0.2) is 65.9 Å². The fourth-order valence-corrected chi connectivity index (χ4v) is 7.00. The van der Waals surface area contributed by atoms with Crippen molar-refractivity contribution in [3.63, 3.8) is 0 Å². The number of carbonyl (C=O) groups is 5. The lowest BCUT2D eigenvalue weighted by atomic mass is 9.59. The molecule has 0 bridgehead atoms. The van der Waals surface area contributed by atoms with Crippen molar-refractivity contribution in [2.75, 3.05) is 11.4 Å². The normalized spacial score (nSPS) is 27.1. The second-order valence-electron chi connectivity index (χ2n) is 11.8. The first kappa shape index (κ1) is 27.8. The molecule has 2 saturated carbocycles. The Kier molecular flexibility index (Phi) is 7.16. The molecule has 1 saturated heterocycles. The molecule has 4 aliphatic rings. The molecular weight excluding hydrogens is 534 g/mol. The molecule has 10 heteroatoms. The van der Waals surface area contributed by atoms with E-state index in [-0.39, 0.29) is 12.5 Å². The number of benzene rings is 1. The number of aromatic nitrogens is 1. The van der Waals surface area contributed by atoms with Crippen molar-refractivity contribution in [2.45, 2.75) is 58.0 Å². The number of hydrogen-bond acceptors (Lipinski definition) is 6. The van der Waals surface area contributed by atoms with E-state index in [9.17, 15) is 24.0 Å². The lowest BCUT2D eigenvalue weighted by Gasteiger charge is -2.52. The third kappa shape index (κ3) is 4.49. The van der Waals surface area contributed by atoms with Crippen molar-refractivity contribution in [3.8, 4) is 0 Å². The Labute approximate surface area is 244 Å². The van der Waals surface area contributed by atoms with Gasteiger partial charge in [0.25, 0.3) is 5.91 Å². The number of nitrogens with zero attached hydrogens (tertiary/aromatic N) is 3. The van der Waals surface area contributed by atoms with Gasteiger partial charge in [-0.05, 0) is 69.2 Å². The van der Waals surface area contributed by atoms with Crippen LogP contribution in [0.3, 0.4) is 0 Å². The fourth-order valence-electron chi connectivity index (χ4n) is 7.00. The minimum Gasteiger partial charge on any atom is -0.354 e. The number of hydrogen-bond donors (Lipinski definition) is 2. The molecule has 6 amide bonds. The average molecular weight is 570 g/mol. The Morgan fingerprint density at radius 2 is 1.71 bits per heavy atom. The Morgan fingerprint density at radius 1 is 0.976 bits per heavy atom. The van der Waals surface area contributed by atoms with Gasteiger partial charge in [0.15, 0.2) is 0 Å². The molecule has 42 heavy (non-hydrogen) atoms. The van der Waals surface area contributed by atoms with E-state index in [4.69, 9.17) is 0 Å². The largest absolute Gasteiger partial charge is 0.354 e. The summed E-state index contributed by atoms with van der Waals surface area (Å²) in [6.45, 7) is 3.89. The first-order chi connectivity index (χ1) is 20.3. The number of rotatable bonds is 7. The van der Waals surface area contributed by atoms with Gasteiger partial charge in [0, 0.05) is 24.2 Å². The summed E-state index contributed by atoms with van der Waals surface area (Å²) in [6, 6.07) is 13.3. The monoisotopic (exact) mass is 569 g/mol. The minimum atomic E-state index is -1.74. The van der Waals surface area contributed by atoms with E-state index in [0.29, 0.717) is 54.3 Å².